The second kappa shape index (κ2) is 43.2. The minimum Gasteiger partial charge on any atom is -0.508 e. The number of nitrogens with one attached hydrogen (secondary N) is 13. The highest BCUT2D eigenvalue weighted by atomic mass is 32.2. The van der Waals surface area contributed by atoms with Gasteiger partial charge in [0.15, 0.2) is 0 Å². The molecule has 34 heteroatoms. The van der Waals surface area contributed by atoms with Crippen molar-refractivity contribution in [3.05, 3.63) is 125 Å². The summed E-state index contributed by atoms with van der Waals surface area (Å²) >= 11 is 2.72. The van der Waals surface area contributed by atoms with E-state index in [1.54, 1.807) is 46.0 Å². The van der Waals surface area contributed by atoms with Gasteiger partial charge in [0.05, 0.1) is 12.2 Å². The number of hydrogen-bond acceptors (Lipinski definition) is 20. The van der Waals surface area contributed by atoms with Crippen LogP contribution in [0.5, 0.6) is 11.5 Å². The Morgan fingerprint density at radius 2 is 1.06 bits per heavy atom. The fourth-order valence-electron chi connectivity index (χ4n) is 13.8. The van der Waals surface area contributed by atoms with E-state index >= 15 is 19.2 Å². The molecule has 13 amide bonds. The SMILES string of the molecule is CCC[C@@H]1NC(=O)[C@H](Cc2c[nH]c3ncccc23)NC(=O)[C@@H]([C@@H](C)O)NC(=O)[C@@H]2CCCCC(=O)NCC[C@H](NC1=O)C(=O)N[C@@H](Cc1ccc(O)cc1)C(=O)N[C@@H](C1CCCCC1)C(=O)N[C@@H]([C@@H](C)O)C(=O)N[C@H](C(N)=O)CSCc1cccc(c1)CSCCC(=O)NC(C(C)(C)C)C(=O)N[C@@H](Cc1ccc(O)cc1)C(=O)N2. The molecular formula is C80H109N15O17S2. The lowest BCUT2D eigenvalue weighted by molar-refractivity contribution is -0.137. The van der Waals surface area contributed by atoms with Gasteiger partial charge in [-0.2, -0.15) is 23.5 Å². The van der Waals surface area contributed by atoms with Crippen LogP contribution in [0.1, 0.15) is 153 Å². The summed E-state index contributed by atoms with van der Waals surface area (Å²) in [6.45, 7) is 9.04. The van der Waals surface area contributed by atoms with Gasteiger partial charge in [-0.25, -0.2) is 4.98 Å². The molecule has 1 saturated heterocycles. The quantitative estimate of drug-likeness (QED) is 0.0844. The van der Waals surface area contributed by atoms with Crippen LogP contribution in [0.25, 0.3) is 11.0 Å². The third-order valence-electron chi connectivity index (χ3n) is 20.2. The van der Waals surface area contributed by atoms with Crippen molar-refractivity contribution >= 4 is 111 Å². The van der Waals surface area contributed by atoms with E-state index in [0.29, 0.717) is 70.7 Å². The van der Waals surface area contributed by atoms with Crippen LogP contribution in [0.15, 0.2) is 97.3 Å². The Kier molecular flexibility index (Phi) is 33.8. The lowest BCUT2D eigenvalue weighted by Gasteiger charge is -2.33. The van der Waals surface area contributed by atoms with E-state index in [4.69, 9.17) is 5.73 Å². The molecule has 4 heterocycles. The highest BCUT2D eigenvalue weighted by Gasteiger charge is 2.41. The average Bonchev–Trinajstić information content (AvgIpc) is 1.20. The topological polar surface area (TPSA) is 502 Å². The van der Waals surface area contributed by atoms with Gasteiger partial charge < -0.3 is 94.9 Å². The molecule has 0 spiro atoms. The number of phenolic OH excluding ortho intramolecular Hbond substituents is 2. The molecule has 1 aliphatic carbocycles. The summed E-state index contributed by atoms with van der Waals surface area (Å²) in [4.78, 5) is 198. The number of phenols is 2. The first-order valence-electron chi connectivity index (χ1n) is 38.8. The van der Waals surface area contributed by atoms with Crippen LogP contribution in [-0.4, -0.2) is 204 Å². The molecule has 1 unspecified atom stereocenters. The fourth-order valence-corrected chi connectivity index (χ4v) is 15.7. The molecule has 1 saturated carbocycles. The number of thioether (sulfide) groups is 2. The maximum atomic E-state index is 15.3. The number of aliphatic hydroxyl groups is 2. The minimum atomic E-state index is -1.85. The molecule has 2 aromatic heterocycles. The lowest BCUT2D eigenvalue weighted by Crippen LogP contribution is -2.63. The van der Waals surface area contributed by atoms with Crippen molar-refractivity contribution in [2.45, 2.75) is 234 Å². The fraction of sp³-hybridized carbons (Fsp3) is 0.525. The molecule has 2 fully saturated rings. The van der Waals surface area contributed by atoms with Crippen molar-refractivity contribution in [2.75, 3.05) is 18.1 Å². The maximum Gasteiger partial charge on any atom is 0.245 e. The normalized spacial score (nSPS) is 25.4. The van der Waals surface area contributed by atoms with Gasteiger partial charge in [0.1, 0.15) is 83.6 Å². The van der Waals surface area contributed by atoms with E-state index < -0.39 is 167 Å². The van der Waals surface area contributed by atoms with Crippen molar-refractivity contribution in [1.82, 2.24) is 73.8 Å². The summed E-state index contributed by atoms with van der Waals surface area (Å²) in [6.07, 6.45) is 1.47. The van der Waals surface area contributed by atoms with Crippen LogP contribution in [-0.2, 0) is 93.1 Å². The standard InChI is InChI=1S/C80H109N15O17S2/c1-7-15-55-70(103)87-57-31-34-82-62(100)22-12-11-21-56(72(105)93-64(44(2)96)76(109)89-60(74(107)85-55)39-51-40-84-69-54(51)20-14-33-83-69)86-73(106)58(37-46-23-27-52(98)28-24-46)90-79(112)67(80(4,5)6)92-63(101)32-35-113-41-48-16-13-17-49(36-48)42-114-43-61(68(81)102)91-77(110)65(45(3)97)94-78(111)66(50-18-9-8-10-19-50)95-75(108)59(88-71(57)104)38-47-25-29-53(99)30-26-47/h13-14,16-17,20,23-30,33,36,40,44-45,50,55-61,64-67,96-99H,7-12,15,18-19,21-22,31-32,34-35,37-39,41-43H2,1-6H3,(H2,81,102)(H,82,100)(H,83,84)(H,85,107)(H,86,106)(H,87,103)(H,88,104)(H,89,109)(H,90,112)(H,91,110)(H,92,101)(H,93,105)(H,94,111)(H,95,108)/t44-,45-,55+,56+,57+,58+,59+,60+,61+,64-,65+,66+,67?/m1/s1. The molecule has 2 aliphatic heterocycles. The Hall–Kier alpha value is -10.3. The van der Waals surface area contributed by atoms with Gasteiger partial charge in [0, 0.05) is 79.4 Å². The number of carbonyl (C=O) groups excluding carboxylic acids is 13. The molecule has 32 nitrogen and oxygen atoms in total. The van der Waals surface area contributed by atoms with E-state index in [0.717, 1.165) is 17.5 Å². The molecule has 618 valence electrons. The van der Waals surface area contributed by atoms with Crippen LogP contribution in [0.4, 0.5) is 0 Å². The number of carbonyl (C=O) groups is 13. The predicted molar refractivity (Wildman–Crippen MR) is 428 cm³/mol. The van der Waals surface area contributed by atoms with E-state index in [1.807, 2.05) is 24.3 Å². The van der Waals surface area contributed by atoms with Gasteiger partial charge >= 0.3 is 0 Å². The van der Waals surface area contributed by atoms with Gasteiger partial charge in [0.25, 0.3) is 0 Å². The molecule has 19 N–H and O–H groups in total. The monoisotopic (exact) mass is 1620 g/mol. The van der Waals surface area contributed by atoms with E-state index in [9.17, 15) is 63.6 Å². The first-order chi connectivity index (χ1) is 54.3. The van der Waals surface area contributed by atoms with Crippen molar-refractivity contribution in [3.63, 3.8) is 0 Å². The Morgan fingerprint density at radius 1 is 0.535 bits per heavy atom. The number of benzene rings is 3. The van der Waals surface area contributed by atoms with E-state index in [2.05, 4.69) is 73.8 Å². The number of nitrogens with two attached hydrogens (primary N) is 1. The second-order valence-corrected chi connectivity index (χ2v) is 32.6. The minimum absolute atomic E-state index is 0.0253. The summed E-state index contributed by atoms with van der Waals surface area (Å²) in [6, 6.07) is 5.63. The molecule has 8 rings (SSSR count). The third-order valence-corrected chi connectivity index (χ3v) is 22.3. The number of nitrogens with zero attached hydrogens (tertiary/aromatic N) is 1. The van der Waals surface area contributed by atoms with Crippen LogP contribution in [0, 0.1) is 11.3 Å². The summed E-state index contributed by atoms with van der Waals surface area (Å²) < 4.78 is 0. The first kappa shape index (κ1) is 89.2. The van der Waals surface area contributed by atoms with E-state index in [-0.39, 0.29) is 94.4 Å². The number of aliphatic hydroxyl groups excluding tert-OH is 2. The number of H-pyrrole nitrogens is 1. The molecule has 114 heavy (non-hydrogen) atoms. The zero-order valence-corrected chi connectivity index (χ0v) is 66.7. The van der Waals surface area contributed by atoms with Gasteiger partial charge in [-0.05, 0) is 128 Å². The zero-order valence-electron chi connectivity index (χ0n) is 65.1. The zero-order chi connectivity index (χ0) is 82.8. The molecule has 3 aromatic carbocycles. The number of aromatic hydroxyl groups is 2. The van der Waals surface area contributed by atoms with Gasteiger partial charge in [-0.3, -0.25) is 62.3 Å². The number of aromatic amines is 1. The highest BCUT2D eigenvalue weighted by molar-refractivity contribution is 7.98. The molecule has 4 bridgehead atoms. The molecule has 13 atom stereocenters. The van der Waals surface area contributed by atoms with Crippen LogP contribution >= 0.6 is 23.5 Å². The Balaban J connectivity index is 1.19. The smallest absolute Gasteiger partial charge is 0.245 e. The number of hydrogen-bond donors (Lipinski definition) is 18. The number of aromatic nitrogens is 2. The van der Waals surface area contributed by atoms with Crippen molar-refractivity contribution in [3.8, 4) is 11.5 Å². The summed E-state index contributed by atoms with van der Waals surface area (Å²) in [5.74, 6) is -11.0. The van der Waals surface area contributed by atoms with Crippen LogP contribution in [0.2, 0.25) is 0 Å². The number of pyridine rings is 1. The van der Waals surface area contributed by atoms with Crippen LogP contribution in [0.3, 0.4) is 0 Å². The molecule has 0 radical (unpaired) electrons. The molecule has 3 aliphatic rings. The lowest BCUT2D eigenvalue weighted by atomic mass is 9.83. The predicted octanol–water partition coefficient (Wildman–Crippen LogP) is 1.66. The highest BCUT2D eigenvalue weighted by Crippen LogP contribution is 2.29. The van der Waals surface area contributed by atoms with Crippen molar-refractivity contribution in [1.29, 1.82) is 0 Å². The second-order valence-electron chi connectivity index (χ2n) is 30.5. The Morgan fingerprint density at radius 3 is 1.67 bits per heavy atom. The number of fused-ring (bicyclic) bond motifs is 12. The number of amides is 13. The summed E-state index contributed by atoms with van der Waals surface area (Å²) in [7, 11) is 0. The van der Waals surface area contributed by atoms with E-state index in [1.165, 1.54) is 92.1 Å². The number of rotatable bonds is 12. The average molecular weight is 1620 g/mol. The third kappa shape index (κ3) is 27.2. The van der Waals surface area contributed by atoms with Crippen molar-refractivity contribution < 1.29 is 82.8 Å². The maximum absolute atomic E-state index is 15.3. The summed E-state index contributed by atoms with van der Waals surface area (Å²) in [5.41, 5.74) is 8.38. The van der Waals surface area contributed by atoms with Gasteiger partial charge in [-0.15, -0.1) is 0 Å². The number of primary amides is 1. The van der Waals surface area contributed by atoms with Gasteiger partial charge in [0.2, 0.25) is 76.8 Å². The van der Waals surface area contributed by atoms with Gasteiger partial charge in [-0.1, -0.05) is 108 Å². The Bertz CT molecular complexity index is 4170. The van der Waals surface area contributed by atoms with Crippen molar-refractivity contribution in [2.24, 2.45) is 17.1 Å². The first-order valence-corrected chi connectivity index (χ1v) is 41.1. The van der Waals surface area contributed by atoms with Crippen LogP contribution < -0.4 is 69.5 Å². The largest absolute Gasteiger partial charge is 0.508 e. The summed E-state index contributed by atoms with van der Waals surface area (Å²) in [5, 5.41) is 76.4. The Labute approximate surface area is 670 Å². The molecular weight excluding hydrogens is 1510 g/mol. The molecule has 5 aromatic rings.